The topological polar surface area (TPSA) is 62.5 Å². The van der Waals surface area contributed by atoms with Gasteiger partial charge in [0.25, 0.3) is 0 Å². The largest absolute Gasteiger partial charge is 0.444 e. The van der Waals surface area contributed by atoms with Crippen LogP contribution in [0.2, 0.25) is 0 Å². The molecule has 0 amide bonds. The van der Waals surface area contributed by atoms with Crippen LogP contribution in [0.1, 0.15) is 31.5 Å². The molecule has 2 aromatic rings. The SMILES string of the molecule is CCC(C)NC(=NC)NCCc1coc(-c2ccc(C)cc2)n1. The highest BCUT2D eigenvalue weighted by atomic mass is 16.3. The number of nitrogens with one attached hydrogen (secondary N) is 2. The summed E-state index contributed by atoms with van der Waals surface area (Å²) < 4.78 is 5.57. The fourth-order valence-electron chi connectivity index (χ4n) is 2.09. The summed E-state index contributed by atoms with van der Waals surface area (Å²) in [6, 6.07) is 8.58. The van der Waals surface area contributed by atoms with Gasteiger partial charge in [-0.3, -0.25) is 4.99 Å². The van der Waals surface area contributed by atoms with Crippen LogP contribution in [0.25, 0.3) is 11.5 Å². The van der Waals surface area contributed by atoms with Gasteiger partial charge in [0.05, 0.1) is 5.69 Å². The van der Waals surface area contributed by atoms with E-state index in [4.69, 9.17) is 4.42 Å². The van der Waals surface area contributed by atoms with Crippen molar-refractivity contribution in [2.24, 2.45) is 4.99 Å². The first-order chi connectivity index (χ1) is 11.1. The average molecular weight is 314 g/mol. The molecule has 0 aliphatic carbocycles. The van der Waals surface area contributed by atoms with E-state index in [0.29, 0.717) is 11.9 Å². The van der Waals surface area contributed by atoms with Crippen molar-refractivity contribution in [2.75, 3.05) is 13.6 Å². The van der Waals surface area contributed by atoms with Crippen molar-refractivity contribution in [1.29, 1.82) is 0 Å². The summed E-state index contributed by atoms with van der Waals surface area (Å²) in [5.41, 5.74) is 3.17. The predicted molar refractivity (Wildman–Crippen MR) is 94.6 cm³/mol. The zero-order chi connectivity index (χ0) is 16.7. The number of benzene rings is 1. The van der Waals surface area contributed by atoms with Gasteiger partial charge in [-0.1, -0.05) is 24.6 Å². The fraction of sp³-hybridized carbons (Fsp3) is 0.444. The zero-order valence-electron chi connectivity index (χ0n) is 14.4. The quantitative estimate of drug-likeness (QED) is 0.635. The van der Waals surface area contributed by atoms with Gasteiger partial charge >= 0.3 is 0 Å². The van der Waals surface area contributed by atoms with Crippen LogP contribution in [0.5, 0.6) is 0 Å². The van der Waals surface area contributed by atoms with Gasteiger partial charge in [0.2, 0.25) is 5.89 Å². The Morgan fingerprint density at radius 1 is 1.30 bits per heavy atom. The lowest BCUT2D eigenvalue weighted by Crippen LogP contribution is -2.42. The van der Waals surface area contributed by atoms with Crippen LogP contribution in [0.4, 0.5) is 0 Å². The molecule has 2 rings (SSSR count). The van der Waals surface area contributed by atoms with Crippen LogP contribution in [0.3, 0.4) is 0 Å². The lowest BCUT2D eigenvalue weighted by molar-refractivity contribution is 0.572. The van der Waals surface area contributed by atoms with E-state index in [0.717, 1.165) is 36.6 Å². The summed E-state index contributed by atoms with van der Waals surface area (Å²) >= 11 is 0. The van der Waals surface area contributed by atoms with Crippen molar-refractivity contribution in [3.8, 4) is 11.5 Å². The molecule has 1 heterocycles. The van der Waals surface area contributed by atoms with Gasteiger partial charge in [0, 0.05) is 31.6 Å². The Balaban J connectivity index is 1.86. The van der Waals surface area contributed by atoms with Gasteiger partial charge in [-0.15, -0.1) is 0 Å². The molecule has 0 radical (unpaired) electrons. The van der Waals surface area contributed by atoms with Crippen molar-refractivity contribution in [3.63, 3.8) is 0 Å². The highest BCUT2D eigenvalue weighted by molar-refractivity contribution is 5.79. The second-order valence-electron chi connectivity index (χ2n) is 5.71. The number of aryl methyl sites for hydroxylation is 1. The molecular weight excluding hydrogens is 288 g/mol. The number of hydrogen-bond acceptors (Lipinski definition) is 3. The number of oxazole rings is 1. The van der Waals surface area contributed by atoms with E-state index < -0.39 is 0 Å². The van der Waals surface area contributed by atoms with Crippen LogP contribution >= 0.6 is 0 Å². The van der Waals surface area contributed by atoms with E-state index in [9.17, 15) is 0 Å². The van der Waals surface area contributed by atoms with Crippen molar-refractivity contribution in [2.45, 2.75) is 39.7 Å². The lowest BCUT2D eigenvalue weighted by Gasteiger charge is -2.15. The molecule has 0 aliphatic heterocycles. The Kier molecular flexibility index (Phi) is 6.20. The number of aliphatic imine (C=N–C) groups is 1. The molecule has 0 bridgehead atoms. The van der Waals surface area contributed by atoms with E-state index in [2.05, 4.69) is 53.5 Å². The van der Waals surface area contributed by atoms with Crippen LogP contribution in [-0.2, 0) is 6.42 Å². The van der Waals surface area contributed by atoms with Crippen molar-refractivity contribution in [3.05, 3.63) is 41.8 Å². The minimum absolute atomic E-state index is 0.404. The molecule has 0 saturated carbocycles. The van der Waals surface area contributed by atoms with Gasteiger partial charge in [0.15, 0.2) is 5.96 Å². The third-order valence-electron chi connectivity index (χ3n) is 3.74. The minimum atomic E-state index is 0.404. The Morgan fingerprint density at radius 2 is 2.04 bits per heavy atom. The lowest BCUT2D eigenvalue weighted by atomic mass is 10.1. The van der Waals surface area contributed by atoms with Crippen molar-refractivity contribution < 1.29 is 4.42 Å². The first kappa shape index (κ1) is 17.1. The molecule has 1 aromatic carbocycles. The summed E-state index contributed by atoms with van der Waals surface area (Å²) in [6.45, 7) is 7.11. The van der Waals surface area contributed by atoms with E-state index in [1.807, 2.05) is 12.1 Å². The summed E-state index contributed by atoms with van der Waals surface area (Å²) in [5, 5.41) is 6.63. The maximum atomic E-state index is 5.57. The number of rotatable bonds is 6. The van der Waals surface area contributed by atoms with Crippen LogP contribution in [0.15, 0.2) is 39.9 Å². The standard InChI is InChI=1S/C18H26N4O/c1-5-14(3)21-18(19-4)20-11-10-16-12-23-17(22-16)15-8-6-13(2)7-9-15/h6-9,12,14H,5,10-11H2,1-4H3,(H2,19,20,21). The minimum Gasteiger partial charge on any atom is -0.444 e. The van der Waals surface area contributed by atoms with Crippen LogP contribution < -0.4 is 10.6 Å². The van der Waals surface area contributed by atoms with Gasteiger partial charge < -0.3 is 15.1 Å². The second-order valence-corrected chi connectivity index (χ2v) is 5.71. The highest BCUT2D eigenvalue weighted by Crippen LogP contribution is 2.19. The fourth-order valence-corrected chi connectivity index (χ4v) is 2.09. The monoisotopic (exact) mass is 314 g/mol. The number of hydrogen-bond donors (Lipinski definition) is 2. The molecule has 1 unspecified atom stereocenters. The molecule has 2 N–H and O–H groups in total. The number of nitrogens with zero attached hydrogens (tertiary/aromatic N) is 2. The Bertz CT molecular complexity index is 631. The molecule has 1 atom stereocenters. The molecular formula is C18H26N4O. The van der Waals surface area contributed by atoms with Crippen LogP contribution in [-0.4, -0.2) is 30.6 Å². The molecule has 124 valence electrons. The molecule has 5 heteroatoms. The first-order valence-electron chi connectivity index (χ1n) is 8.11. The maximum Gasteiger partial charge on any atom is 0.226 e. The smallest absolute Gasteiger partial charge is 0.226 e. The van der Waals surface area contributed by atoms with E-state index in [-0.39, 0.29) is 0 Å². The number of guanidine groups is 1. The van der Waals surface area contributed by atoms with E-state index >= 15 is 0 Å². The van der Waals surface area contributed by atoms with Crippen molar-refractivity contribution in [1.82, 2.24) is 15.6 Å². The first-order valence-corrected chi connectivity index (χ1v) is 8.11. The summed E-state index contributed by atoms with van der Waals surface area (Å²) in [7, 11) is 1.78. The average Bonchev–Trinajstić information content (AvgIpc) is 3.03. The normalized spacial score (nSPS) is 13.0. The second kappa shape index (κ2) is 8.36. The van der Waals surface area contributed by atoms with Crippen molar-refractivity contribution >= 4 is 5.96 Å². The summed E-state index contributed by atoms with van der Waals surface area (Å²) in [6.07, 6.45) is 3.57. The zero-order valence-corrected chi connectivity index (χ0v) is 14.4. The third kappa shape index (κ3) is 5.13. The molecule has 23 heavy (non-hydrogen) atoms. The van der Waals surface area contributed by atoms with Gasteiger partial charge in [-0.2, -0.15) is 0 Å². The highest BCUT2D eigenvalue weighted by Gasteiger charge is 2.07. The Hall–Kier alpha value is -2.30. The Labute approximate surface area is 138 Å². The van der Waals surface area contributed by atoms with Gasteiger partial charge in [-0.05, 0) is 32.4 Å². The van der Waals surface area contributed by atoms with Crippen LogP contribution in [0, 0.1) is 6.92 Å². The molecule has 0 spiro atoms. The summed E-state index contributed by atoms with van der Waals surface area (Å²) in [4.78, 5) is 8.76. The molecule has 1 aromatic heterocycles. The third-order valence-corrected chi connectivity index (χ3v) is 3.74. The molecule has 5 nitrogen and oxygen atoms in total. The van der Waals surface area contributed by atoms with E-state index in [1.165, 1.54) is 5.56 Å². The number of aromatic nitrogens is 1. The maximum absolute atomic E-state index is 5.57. The molecule has 0 fully saturated rings. The predicted octanol–water partition coefficient (Wildman–Crippen LogP) is 3.16. The molecule has 0 saturated heterocycles. The van der Waals surface area contributed by atoms with Gasteiger partial charge in [-0.25, -0.2) is 4.98 Å². The molecule has 0 aliphatic rings. The summed E-state index contributed by atoms with van der Waals surface area (Å²) in [5.74, 6) is 1.49. The van der Waals surface area contributed by atoms with E-state index in [1.54, 1.807) is 13.3 Å². The Morgan fingerprint density at radius 3 is 2.70 bits per heavy atom. The van der Waals surface area contributed by atoms with Gasteiger partial charge in [0.1, 0.15) is 6.26 Å².